The molecule has 154 valence electrons. The van der Waals surface area contributed by atoms with Gasteiger partial charge in [0.25, 0.3) is 0 Å². The van der Waals surface area contributed by atoms with Crippen molar-refractivity contribution in [2.45, 2.75) is 18.2 Å². The van der Waals surface area contributed by atoms with E-state index in [1.165, 1.54) is 17.0 Å². The monoisotopic (exact) mass is 416 g/mol. The highest BCUT2D eigenvalue weighted by molar-refractivity contribution is 7.89. The predicted molar refractivity (Wildman–Crippen MR) is 110 cm³/mol. The molecule has 0 unspecified atom stereocenters. The van der Waals surface area contributed by atoms with Crippen LogP contribution >= 0.6 is 0 Å². The summed E-state index contributed by atoms with van der Waals surface area (Å²) < 4.78 is 22.5. The second-order valence-electron chi connectivity index (χ2n) is 6.98. The summed E-state index contributed by atoms with van der Waals surface area (Å²) in [6.07, 6.45) is 0.542. The normalized spacial score (nSPS) is 14.3. The second kappa shape index (κ2) is 8.62. The molecule has 1 aliphatic heterocycles. The molecular formula is C20H24N4O4S. The lowest BCUT2D eigenvalue weighted by molar-refractivity contribution is -0.121. The van der Waals surface area contributed by atoms with Crippen LogP contribution in [0.1, 0.15) is 11.1 Å². The number of hydrogen-bond acceptors (Lipinski definition) is 4. The Labute approximate surface area is 170 Å². The van der Waals surface area contributed by atoms with Crippen LogP contribution in [0.15, 0.2) is 53.4 Å². The molecule has 9 heteroatoms. The molecule has 0 radical (unpaired) electrons. The Morgan fingerprint density at radius 3 is 2.34 bits per heavy atom. The van der Waals surface area contributed by atoms with Crippen LogP contribution in [-0.4, -0.2) is 51.4 Å². The summed E-state index contributed by atoms with van der Waals surface area (Å²) in [6, 6.07) is 13.7. The van der Waals surface area contributed by atoms with Crippen molar-refractivity contribution >= 4 is 27.6 Å². The Morgan fingerprint density at radius 2 is 1.72 bits per heavy atom. The Kier molecular flexibility index (Phi) is 6.19. The summed E-state index contributed by atoms with van der Waals surface area (Å²) in [5, 5.41) is 7.86. The number of urea groups is 1. The Morgan fingerprint density at radius 1 is 1.07 bits per heavy atom. The zero-order valence-electron chi connectivity index (χ0n) is 16.2. The third kappa shape index (κ3) is 5.33. The molecule has 8 nitrogen and oxygen atoms in total. The number of hydrogen-bond donors (Lipinski definition) is 2. The van der Waals surface area contributed by atoms with E-state index in [0.29, 0.717) is 26.1 Å². The summed E-state index contributed by atoms with van der Waals surface area (Å²) >= 11 is 0. The van der Waals surface area contributed by atoms with E-state index < -0.39 is 10.0 Å². The number of aryl methyl sites for hydroxylation is 1. The zero-order chi connectivity index (χ0) is 21.0. The summed E-state index contributed by atoms with van der Waals surface area (Å²) in [6.45, 7) is 3.42. The molecule has 3 rings (SSSR count). The van der Waals surface area contributed by atoms with E-state index in [0.717, 1.165) is 16.8 Å². The number of nitrogens with one attached hydrogen (secondary N) is 1. The fourth-order valence-electron chi connectivity index (χ4n) is 3.11. The van der Waals surface area contributed by atoms with Crippen molar-refractivity contribution in [2.24, 2.45) is 5.14 Å². The van der Waals surface area contributed by atoms with Gasteiger partial charge in [0.15, 0.2) is 0 Å². The lowest BCUT2D eigenvalue weighted by Crippen LogP contribution is -2.40. The summed E-state index contributed by atoms with van der Waals surface area (Å²) in [4.78, 5) is 28.0. The minimum Gasteiger partial charge on any atom is -0.354 e. The molecule has 29 heavy (non-hydrogen) atoms. The van der Waals surface area contributed by atoms with Crippen LogP contribution in [0.3, 0.4) is 0 Å². The molecule has 1 heterocycles. The largest absolute Gasteiger partial charge is 0.354 e. The molecule has 0 spiro atoms. The van der Waals surface area contributed by atoms with Crippen molar-refractivity contribution in [2.75, 3.05) is 31.1 Å². The minimum atomic E-state index is -3.71. The number of sulfonamides is 1. The predicted octanol–water partition coefficient (Wildman–Crippen LogP) is 1.24. The van der Waals surface area contributed by atoms with Crippen molar-refractivity contribution in [3.63, 3.8) is 0 Å². The van der Waals surface area contributed by atoms with Gasteiger partial charge < -0.3 is 10.2 Å². The van der Waals surface area contributed by atoms with Gasteiger partial charge >= 0.3 is 6.03 Å². The van der Waals surface area contributed by atoms with Gasteiger partial charge in [0.1, 0.15) is 6.54 Å². The first-order valence-electron chi connectivity index (χ1n) is 9.25. The van der Waals surface area contributed by atoms with Crippen LogP contribution < -0.4 is 15.4 Å². The van der Waals surface area contributed by atoms with Crippen LogP contribution in [0, 0.1) is 6.92 Å². The van der Waals surface area contributed by atoms with E-state index in [-0.39, 0.29) is 23.4 Å². The summed E-state index contributed by atoms with van der Waals surface area (Å²) in [7, 11) is -3.71. The average Bonchev–Trinajstić information content (AvgIpc) is 3.02. The lowest BCUT2D eigenvalue weighted by atomic mass is 10.1. The molecular weight excluding hydrogens is 392 g/mol. The molecule has 0 bridgehead atoms. The quantitative estimate of drug-likeness (QED) is 0.707. The van der Waals surface area contributed by atoms with Crippen molar-refractivity contribution in [1.29, 1.82) is 0 Å². The molecule has 0 atom stereocenters. The van der Waals surface area contributed by atoms with E-state index in [4.69, 9.17) is 5.14 Å². The molecule has 2 aromatic rings. The highest BCUT2D eigenvalue weighted by Gasteiger charge is 2.30. The van der Waals surface area contributed by atoms with E-state index in [1.807, 2.05) is 31.2 Å². The van der Waals surface area contributed by atoms with Gasteiger partial charge in [-0.2, -0.15) is 0 Å². The van der Waals surface area contributed by atoms with Gasteiger partial charge in [-0.05, 0) is 43.2 Å². The summed E-state index contributed by atoms with van der Waals surface area (Å²) in [5.74, 6) is -0.231. The highest BCUT2D eigenvalue weighted by Crippen LogP contribution is 2.20. The van der Waals surface area contributed by atoms with Crippen molar-refractivity contribution in [3.8, 4) is 0 Å². The molecule has 0 aromatic heterocycles. The fraction of sp³-hybridized carbons (Fsp3) is 0.300. The molecule has 1 fully saturated rings. The molecule has 0 saturated carbocycles. The highest BCUT2D eigenvalue weighted by atomic mass is 32.2. The first-order valence-corrected chi connectivity index (χ1v) is 10.8. The van der Waals surface area contributed by atoms with Crippen LogP contribution in [-0.2, 0) is 21.2 Å². The number of benzene rings is 2. The average molecular weight is 417 g/mol. The maximum atomic E-state index is 12.5. The topological polar surface area (TPSA) is 113 Å². The number of anilines is 1. The van der Waals surface area contributed by atoms with Gasteiger partial charge in [-0.1, -0.05) is 29.8 Å². The van der Waals surface area contributed by atoms with Gasteiger partial charge in [-0.25, -0.2) is 18.4 Å². The van der Waals surface area contributed by atoms with Crippen LogP contribution in [0.4, 0.5) is 10.5 Å². The lowest BCUT2D eigenvalue weighted by Gasteiger charge is -2.18. The Hall–Kier alpha value is -2.91. The molecule has 2 aromatic carbocycles. The molecule has 1 aliphatic rings. The van der Waals surface area contributed by atoms with Crippen LogP contribution in [0.2, 0.25) is 0 Å². The smallest absolute Gasteiger partial charge is 0.325 e. The number of amides is 3. The van der Waals surface area contributed by atoms with Gasteiger partial charge in [0.2, 0.25) is 15.9 Å². The van der Waals surface area contributed by atoms with Crippen LogP contribution in [0.5, 0.6) is 0 Å². The zero-order valence-corrected chi connectivity index (χ0v) is 17.0. The van der Waals surface area contributed by atoms with Crippen molar-refractivity contribution in [3.05, 3.63) is 59.7 Å². The first-order chi connectivity index (χ1) is 13.7. The fourth-order valence-corrected chi connectivity index (χ4v) is 3.63. The number of nitrogens with two attached hydrogens (primary N) is 1. The maximum absolute atomic E-state index is 12.5. The van der Waals surface area contributed by atoms with E-state index >= 15 is 0 Å². The standard InChI is InChI=1S/C20H24N4O4S/c1-15-2-6-17(7-3-15)24-13-12-23(20(24)26)14-19(25)22-11-10-16-4-8-18(9-5-16)29(21,27)28/h2-9H,10-14H2,1H3,(H,22,25)(H2,21,27,28). The van der Waals surface area contributed by atoms with Crippen LogP contribution in [0.25, 0.3) is 0 Å². The van der Waals surface area contributed by atoms with Gasteiger partial charge in [-0.3, -0.25) is 9.69 Å². The third-order valence-electron chi connectivity index (χ3n) is 4.76. The van der Waals surface area contributed by atoms with E-state index in [2.05, 4.69) is 5.32 Å². The number of carbonyl (C=O) groups excluding carboxylic acids is 2. The first kappa shape index (κ1) is 20.8. The third-order valence-corrected chi connectivity index (χ3v) is 5.69. The molecule has 3 N–H and O–H groups in total. The SMILES string of the molecule is Cc1ccc(N2CCN(CC(=O)NCCc3ccc(S(N)(=O)=O)cc3)C2=O)cc1. The summed E-state index contributed by atoms with van der Waals surface area (Å²) in [5.41, 5.74) is 2.82. The van der Waals surface area contributed by atoms with Crippen molar-refractivity contribution < 1.29 is 18.0 Å². The van der Waals surface area contributed by atoms with Gasteiger partial charge in [0.05, 0.1) is 4.90 Å². The Bertz CT molecular complexity index is 988. The minimum absolute atomic E-state index is 0.00551. The number of rotatable bonds is 7. The second-order valence-corrected chi connectivity index (χ2v) is 8.54. The maximum Gasteiger partial charge on any atom is 0.325 e. The van der Waals surface area contributed by atoms with Crippen molar-refractivity contribution in [1.82, 2.24) is 10.2 Å². The number of carbonyl (C=O) groups is 2. The molecule has 1 saturated heterocycles. The van der Waals surface area contributed by atoms with Gasteiger partial charge in [-0.15, -0.1) is 0 Å². The molecule has 0 aliphatic carbocycles. The van der Waals surface area contributed by atoms with E-state index in [9.17, 15) is 18.0 Å². The van der Waals surface area contributed by atoms with E-state index in [1.54, 1.807) is 17.0 Å². The number of nitrogens with zero attached hydrogens (tertiary/aromatic N) is 2. The molecule has 3 amide bonds. The number of primary sulfonamides is 1. The van der Waals surface area contributed by atoms with Gasteiger partial charge in [0, 0.05) is 25.3 Å². The Balaban J connectivity index is 1.46.